The molecule has 0 radical (unpaired) electrons. The highest BCUT2D eigenvalue weighted by atomic mass is 32.2. The Bertz CT molecular complexity index is 658. The lowest BCUT2D eigenvalue weighted by Gasteiger charge is -2.16. The molecule has 1 aromatic rings. The van der Waals surface area contributed by atoms with E-state index in [2.05, 4.69) is 15.3 Å². The third kappa shape index (κ3) is 1.65. The molecule has 0 saturated carbocycles. The number of hydrogen-bond acceptors (Lipinski definition) is 4. The van der Waals surface area contributed by atoms with Crippen LogP contribution in [0.3, 0.4) is 0 Å². The van der Waals surface area contributed by atoms with Crippen LogP contribution in [0, 0.1) is 5.41 Å². The molecular formula is C8H8N4O2S. The van der Waals surface area contributed by atoms with Crippen LogP contribution < -0.4 is 25.6 Å². The lowest BCUT2D eigenvalue weighted by Crippen LogP contribution is -2.42. The van der Waals surface area contributed by atoms with Crippen molar-refractivity contribution in [3.63, 3.8) is 0 Å². The maximum absolute atomic E-state index is 11.2. The Hall–Kier alpha value is -1.98. The predicted octanol–water partition coefficient (Wildman–Crippen LogP) is -2.11. The van der Waals surface area contributed by atoms with Crippen molar-refractivity contribution in [3.05, 3.63) is 28.6 Å². The Balaban J connectivity index is 2.84. The zero-order chi connectivity index (χ0) is 11.1. The van der Waals surface area contributed by atoms with Gasteiger partial charge in [-0.25, -0.2) is 0 Å². The molecule has 5 N–H and O–H groups in total. The van der Waals surface area contributed by atoms with Crippen LogP contribution in [0.25, 0.3) is 5.82 Å². The number of nitrogens with two attached hydrogens (primary N) is 1. The van der Waals surface area contributed by atoms with Crippen molar-refractivity contribution >= 4 is 27.6 Å². The Labute approximate surface area is 85.8 Å². The van der Waals surface area contributed by atoms with Crippen molar-refractivity contribution in [2.45, 2.75) is 0 Å². The van der Waals surface area contributed by atoms with Gasteiger partial charge in [0.1, 0.15) is 5.82 Å². The summed E-state index contributed by atoms with van der Waals surface area (Å²) in [6.45, 7) is 0. The highest BCUT2D eigenvalue weighted by molar-refractivity contribution is 7.91. The molecule has 0 atom stereocenters. The molecule has 0 amide bonds. The molecule has 0 aliphatic carbocycles. The molecule has 1 heterocycles. The third-order valence-electron chi connectivity index (χ3n) is 1.94. The number of nitrogens with one attached hydrogen (secondary N) is 3. The van der Waals surface area contributed by atoms with E-state index in [-0.39, 0.29) is 5.82 Å². The zero-order valence-corrected chi connectivity index (χ0v) is 8.35. The summed E-state index contributed by atoms with van der Waals surface area (Å²) in [7, 11) is -3.62. The standard InChI is InChI=1S/C8H8N4O2S/c9-4-5-1-2-6-7(3-5)11-15(13,14)12-8(6)10/h1-3,9,11-12H,10H2. The molecule has 1 aliphatic heterocycles. The number of benzene rings is 1. The van der Waals surface area contributed by atoms with E-state index in [1.165, 1.54) is 6.07 Å². The highest BCUT2D eigenvalue weighted by Gasteiger charge is 2.17. The first-order chi connectivity index (χ1) is 7.02. The van der Waals surface area contributed by atoms with Crippen LogP contribution in [0.15, 0.2) is 18.2 Å². The monoisotopic (exact) mass is 224 g/mol. The van der Waals surface area contributed by atoms with Gasteiger partial charge >= 0.3 is 10.2 Å². The van der Waals surface area contributed by atoms with E-state index >= 15 is 0 Å². The van der Waals surface area contributed by atoms with Crippen molar-refractivity contribution in [2.24, 2.45) is 5.73 Å². The molecule has 0 bridgehead atoms. The Morgan fingerprint density at radius 1 is 1.33 bits per heavy atom. The molecule has 0 aromatic heterocycles. The average molecular weight is 224 g/mol. The van der Waals surface area contributed by atoms with Crippen molar-refractivity contribution in [1.29, 1.82) is 5.41 Å². The molecule has 15 heavy (non-hydrogen) atoms. The third-order valence-corrected chi connectivity index (χ3v) is 2.92. The second-order valence-corrected chi connectivity index (χ2v) is 4.42. The molecule has 1 aromatic carbocycles. The van der Waals surface area contributed by atoms with Crippen LogP contribution in [0.2, 0.25) is 0 Å². The first-order valence-electron chi connectivity index (χ1n) is 4.02. The zero-order valence-electron chi connectivity index (χ0n) is 7.53. The van der Waals surface area contributed by atoms with Gasteiger partial charge in [-0.3, -0.25) is 14.9 Å². The summed E-state index contributed by atoms with van der Waals surface area (Å²) in [5.74, 6) is 2.23. The molecule has 0 unspecified atom stereocenters. The van der Waals surface area contributed by atoms with Gasteiger partial charge in [0.15, 0.2) is 0 Å². The Kier molecular flexibility index (Phi) is 1.92. The summed E-state index contributed by atoms with van der Waals surface area (Å²) >= 11 is 0. The maximum Gasteiger partial charge on any atom is 0.322 e. The van der Waals surface area contributed by atoms with Gasteiger partial charge in [0, 0.05) is 10.4 Å². The van der Waals surface area contributed by atoms with Crippen molar-refractivity contribution in [3.8, 4) is 0 Å². The number of fused-ring (bicyclic) bond motifs is 1. The Morgan fingerprint density at radius 3 is 2.73 bits per heavy atom. The first-order valence-corrected chi connectivity index (χ1v) is 5.50. The van der Waals surface area contributed by atoms with Crippen molar-refractivity contribution in [1.82, 2.24) is 4.72 Å². The topological polar surface area (TPSA) is 108 Å². The molecule has 2 rings (SSSR count). The molecule has 0 fully saturated rings. The van der Waals surface area contributed by atoms with Gasteiger partial charge in [0.05, 0.1) is 5.69 Å². The minimum absolute atomic E-state index is 0.0697. The highest BCUT2D eigenvalue weighted by Crippen LogP contribution is 2.03. The SMILES string of the molecule is N=C=c1ccc2c(c1)NS(=O)(=O)NC=2N. The number of anilines is 1. The average Bonchev–Trinajstić information content (AvgIpc) is 2.14. The molecule has 6 nitrogen and oxygen atoms in total. The lowest BCUT2D eigenvalue weighted by atomic mass is 10.2. The second-order valence-electron chi connectivity index (χ2n) is 3.01. The van der Waals surface area contributed by atoms with Gasteiger partial charge < -0.3 is 5.73 Å². The fraction of sp³-hybridized carbons (Fsp3) is 0. The summed E-state index contributed by atoms with van der Waals surface area (Å²) in [6.07, 6.45) is 0. The summed E-state index contributed by atoms with van der Waals surface area (Å²) in [5, 5.41) is 7.97. The maximum atomic E-state index is 11.2. The second kappa shape index (κ2) is 3.01. The molecule has 1 aliphatic rings. The Morgan fingerprint density at radius 2 is 2.07 bits per heavy atom. The summed E-state index contributed by atoms with van der Waals surface area (Å²) in [4.78, 5) is 0. The van der Waals surface area contributed by atoms with Crippen molar-refractivity contribution < 1.29 is 8.42 Å². The van der Waals surface area contributed by atoms with Crippen LogP contribution in [-0.4, -0.2) is 14.3 Å². The van der Waals surface area contributed by atoms with Gasteiger partial charge in [-0.2, -0.15) is 8.42 Å². The summed E-state index contributed by atoms with van der Waals surface area (Å²) in [5.41, 5.74) is 5.88. The van der Waals surface area contributed by atoms with Gasteiger partial charge in [-0.05, 0) is 24.1 Å². The normalized spacial score (nSPS) is 16.9. The largest absolute Gasteiger partial charge is 0.384 e. The quantitative estimate of drug-likeness (QED) is 0.379. The first kappa shape index (κ1) is 9.57. The van der Waals surface area contributed by atoms with Crippen LogP contribution >= 0.6 is 0 Å². The van der Waals surface area contributed by atoms with E-state index in [4.69, 9.17) is 11.1 Å². The summed E-state index contributed by atoms with van der Waals surface area (Å²) in [6, 6.07) is 4.74. The van der Waals surface area contributed by atoms with Gasteiger partial charge in [0.2, 0.25) is 0 Å². The van der Waals surface area contributed by atoms with Gasteiger partial charge in [0.25, 0.3) is 0 Å². The van der Waals surface area contributed by atoms with Crippen molar-refractivity contribution in [2.75, 3.05) is 4.72 Å². The van der Waals surface area contributed by atoms with Crippen LogP contribution in [0.4, 0.5) is 5.69 Å². The predicted molar refractivity (Wildman–Crippen MR) is 55.8 cm³/mol. The fourth-order valence-corrected chi connectivity index (χ4v) is 2.22. The molecule has 78 valence electrons. The molecule has 7 heteroatoms. The van der Waals surface area contributed by atoms with Crippen LogP contribution in [0.1, 0.15) is 0 Å². The lowest BCUT2D eigenvalue weighted by molar-refractivity contribution is 0.595. The number of hydrogen-bond donors (Lipinski definition) is 4. The molecular weight excluding hydrogens is 216 g/mol. The van der Waals surface area contributed by atoms with E-state index < -0.39 is 10.2 Å². The minimum Gasteiger partial charge on any atom is -0.384 e. The summed E-state index contributed by atoms with van der Waals surface area (Å²) < 4.78 is 26.9. The van der Waals surface area contributed by atoms with E-state index in [9.17, 15) is 8.42 Å². The van der Waals surface area contributed by atoms with E-state index in [1.54, 1.807) is 12.1 Å². The minimum atomic E-state index is -3.62. The van der Waals surface area contributed by atoms with E-state index in [0.29, 0.717) is 16.1 Å². The molecule has 0 spiro atoms. The van der Waals surface area contributed by atoms with Crippen LogP contribution in [0.5, 0.6) is 0 Å². The van der Waals surface area contributed by atoms with Gasteiger partial charge in [-0.1, -0.05) is 0 Å². The van der Waals surface area contributed by atoms with Crippen LogP contribution in [-0.2, 0) is 10.2 Å². The smallest absolute Gasteiger partial charge is 0.322 e. The van der Waals surface area contributed by atoms with Gasteiger partial charge in [-0.15, -0.1) is 0 Å². The number of rotatable bonds is 0. The van der Waals surface area contributed by atoms with E-state index in [1.807, 2.05) is 0 Å². The fourth-order valence-electron chi connectivity index (χ4n) is 1.31. The van der Waals surface area contributed by atoms with E-state index in [0.717, 1.165) is 0 Å². The molecule has 0 saturated heterocycles.